The standard InChI is InChI=1S/C59H115NO5/c1-3-5-7-9-11-13-15-17-18-26-29-33-37-41-45-49-53-59(64)65-54-50-46-42-38-34-30-27-24-22-20-19-21-23-25-28-32-36-40-44-48-52-58(63)60-56(55-61)57(62)51-47-43-39-35-31-16-14-12-10-8-6-4-2/h19,21,56-57,61-62H,3-18,20,22-55H2,1-2H3,(H,60,63)/b21-19-. The van der Waals surface area contributed by atoms with E-state index >= 15 is 0 Å². The summed E-state index contributed by atoms with van der Waals surface area (Å²) in [4.78, 5) is 24.5. The van der Waals surface area contributed by atoms with Crippen LogP contribution in [0.2, 0.25) is 0 Å². The maximum atomic E-state index is 12.4. The maximum absolute atomic E-state index is 12.4. The van der Waals surface area contributed by atoms with Crippen molar-refractivity contribution in [2.24, 2.45) is 0 Å². The Morgan fingerprint density at radius 3 is 1.09 bits per heavy atom. The Kier molecular flexibility index (Phi) is 54.0. The van der Waals surface area contributed by atoms with Crippen molar-refractivity contribution in [2.45, 2.75) is 341 Å². The quantitative estimate of drug-likeness (QED) is 0.0321. The second kappa shape index (κ2) is 55.2. The van der Waals surface area contributed by atoms with Crippen LogP contribution in [0, 0.1) is 0 Å². The van der Waals surface area contributed by atoms with Gasteiger partial charge in [0, 0.05) is 12.8 Å². The molecule has 6 heteroatoms. The molecule has 386 valence electrons. The van der Waals surface area contributed by atoms with E-state index in [9.17, 15) is 19.8 Å². The summed E-state index contributed by atoms with van der Waals surface area (Å²) in [7, 11) is 0. The van der Waals surface area contributed by atoms with Crippen LogP contribution in [0.4, 0.5) is 0 Å². The van der Waals surface area contributed by atoms with Gasteiger partial charge in [-0.25, -0.2) is 0 Å². The van der Waals surface area contributed by atoms with Crippen molar-refractivity contribution in [3.8, 4) is 0 Å². The number of ether oxygens (including phenoxy) is 1. The highest BCUT2D eigenvalue weighted by atomic mass is 16.5. The van der Waals surface area contributed by atoms with Crippen molar-refractivity contribution >= 4 is 11.9 Å². The highest BCUT2D eigenvalue weighted by Crippen LogP contribution is 2.17. The van der Waals surface area contributed by atoms with Gasteiger partial charge in [0.2, 0.25) is 5.91 Å². The molecule has 0 aromatic heterocycles. The Labute approximate surface area is 406 Å². The van der Waals surface area contributed by atoms with Gasteiger partial charge < -0.3 is 20.3 Å². The minimum atomic E-state index is -0.668. The molecule has 0 heterocycles. The monoisotopic (exact) mass is 918 g/mol. The van der Waals surface area contributed by atoms with Gasteiger partial charge in [0.1, 0.15) is 0 Å². The number of hydrogen-bond acceptors (Lipinski definition) is 5. The minimum absolute atomic E-state index is 0.0101. The number of rotatable bonds is 55. The van der Waals surface area contributed by atoms with Crippen LogP contribution < -0.4 is 5.32 Å². The number of hydrogen-bond donors (Lipinski definition) is 3. The third-order valence-corrected chi connectivity index (χ3v) is 13.8. The van der Waals surface area contributed by atoms with Crippen LogP contribution in [0.25, 0.3) is 0 Å². The molecule has 1 amide bonds. The molecular formula is C59H115NO5. The van der Waals surface area contributed by atoms with E-state index in [4.69, 9.17) is 4.74 Å². The summed E-state index contributed by atoms with van der Waals surface area (Å²) in [6, 6.07) is -0.546. The third kappa shape index (κ3) is 51.8. The number of unbranched alkanes of at least 4 members (excludes halogenated alkanes) is 42. The molecular weight excluding hydrogens is 803 g/mol. The van der Waals surface area contributed by atoms with Crippen molar-refractivity contribution < 1.29 is 24.5 Å². The van der Waals surface area contributed by atoms with Crippen LogP contribution in [0.3, 0.4) is 0 Å². The molecule has 65 heavy (non-hydrogen) atoms. The van der Waals surface area contributed by atoms with Gasteiger partial charge in [0.05, 0.1) is 25.4 Å². The SMILES string of the molecule is CCCCCCCCCCCCCCCCCCC(=O)OCCCCCCCCCCC/C=C\CCCCCCCCCC(=O)NC(CO)C(O)CCCCCCCCCCCCCC. The Morgan fingerprint density at radius 2 is 0.723 bits per heavy atom. The number of nitrogens with one attached hydrogen (secondary N) is 1. The second-order valence-electron chi connectivity index (χ2n) is 20.3. The first kappa shape index (κ1) is 63.6. The molecule has 2 atom stereocenters. The Hall–Kier alpha value is -1.40. The van der Waals surface area contributed by atoms with Gasteiger partial charge in [0.15, 0.2) is 0 Å². The van der Waals surface area contributed by atoms with Crippen LogP contribution in [0.5, 0.6) is 0 Å². The molecule has 0 spiro atoms. The molecule has 0 saturated carbocycles. The summed E-state index contributed by atoms with van der Waals surface area (Å²) < 4.78 is 5.49. The number of esters is 1. The molecule has 0 radical (unpaired) electrons. The van der Waals surface area contributed by atoms with Crippen molar-refractivity contribution in [3.05, 3.63) is 12.2 Å². The fourth-order valence-electron chi connectivity index (χ4n) is 9.28. The van der Waals surface area contributed by atoms with Crippen molar-refractivity contribution in [3.63, 3.8) is 0 Å². The van der Waals surface area contributed by atoms with Gasteiger partial charge in [-0.3, -0.25) is 9.59 Å². The number of aliphatic hydroxyl groups excluding tert-OH is 2. The smallest absolute Gasteiger partial charge is 0.305 e. The highest BCUT2D eigenvalue weighted by Gasteiger charge is 2.20. The molecule has 0 aromatic carbocycles. The van der Waals surface area contributed by atoms with E-state index in [1.54, 1.807) is 0 Å². The molecule has 3 N–H and O–H groups in total. The van der Waals surface area contributed by atoms with E-state index in [1.807, 2.05) is 0 Å². The summed E-state index contributed by atoms with van der Waals surface area (Å²) in [6.07, 6.45) is 64.9. The average molecular weight is 919 g/mol. The fraction of sp³-hybridized carbons (Fsp3) is 0.932. The Morgan fingerprint density at radius 1 is 0.415 bits per heavy atom. The number of allylic oxidation sites excluding steroid dienone is 2. The van der Waals surface area contributed by atoms with Crippen LogP contribution in [-0.4, -0.2) is 47.4 Å². The molecule has 0 bridgehead atoms. The van der Waals surface area contributed by atoms with Crippen LogP contribution in [-0.2, 0) is 14.3 Å². The summed E-state index contributed by atoms with van der Waals surface area (Å²) in [5.41, 5.74) is 0. The molecule has 6 nitrogen and oxygen atoms in total. The van der Waals surface area contributed by atoms with Gasteiger partial charge in [0.25, 0.3) is 0 Å². The lowest BCUT2D eigenvalue weighted by Gasteiger charge is -2.22. The van der Waals surface area contributed by atoms with Gasteiger partial charge in [-0.05, 0) is 51.4 Å². The largest absolute Gasteiger partial charge is 0.466 e. The van der Waals surface area contributed by atoms with Crippen LogP contribution in [0.1, 0.15) is 328 Å². The zero-order valence-electron chi connectivity index (χ0n) is 44.0. The highest BCUT2D eigenvalue weighted by molar-refractivity contribution is 5.76. The zero-order chi connectivity index (χ0) is 47.2. The fourth-order valence-corrected chi connectivity index (χ4v) is 9.28. The lowest BCUT2D eigenvalue weighted by molar-refractivity contribution is -0.143. The molecule has 0 rings (SSSR count). The van der Waals surface area contributed by atoms with Crippen molar-refractivity contribution in [1.82, 2.24) is 5.32 Å². The van der Waals surface area contributed by atoms with E-state index in [0.717, 1.165) is 38.5 Å². The predicted octanol–water partition coefficient (Wildman–Crippen LogP) is 18.1. The minimum Gasteiger partial charge on any atom is -0.466 e. The summed E-state index contributed by atoms with van der Waals surface area (Å²) in [5.74, 6) is -0.0328. The number of amides is 1. The van der Waals surface area contributed by atoms with Crippen LogP contribution >= 0.6 is 0 Å². The molecule has 0 aromatic rings. The lowest BCUT2D eigenvalue weighted by Crippen LogP contribution is -2.45. The Balaban J connectivity index is 3.40. The molecule has 0 aliphatic carbocycles. The first-order valence-corrected chi connectivity index (χ1v) is 29.4. The van der Waals surface area contributed by atoms with E-state index in [1.165, 1.54) is 257 Å². The molecule has 0 aliphatic rings. The van der Waals surface area contributed by atoms with E-state index < -0.39 is 12.1 Å². The summed E-state index contributed by atoms with van der Waals surface area (Å²) in [6.45, 7) is 4.96. The van der Waals surface area contributed by atoms with Crippen molar-refractivity contribution in [2.75, 3.05) is 13.2 Å². The first-order valence-electron chi connectivity index (χ1n) is 29.4. The molecule has 0 saturated heterocycles. The van der Waals surface area contributed by atoms with E-state index in [-0.39, 0.29) is 18.5 Å². The van der Waals surface area contributed by atoms with Gasteiger partial charge >= 0.3 is 5.97 Å². The van der Waals surface area contributed by atoms with Crippen molar-refractivity contribution in [1.29, 1.82) is 0 Å². The van der Waals surface area contributed by atoms with E-state index in [2.05, 4.69) is 31.3 Å². The topological polar surface area (TPSA) is 95.9 Å². The maximum Gasteiger partial charge on any atom is 0.305 e. The third-order valence-electron chi connectivity index (χ3n) is 13.8. The van der Waals surface area contributed by atoms with Gasteiger partial charge in [-0.2, -0.15) is 0 Å². The van der Waals surface area contributed by atoms with Gasteiger partial charge in [-0.15, -0.1) is 0 Å². The summed E-state index contributed by atoms with van der Waals surface area (Å²) in [5, 5.41) is 23.2. The number of carbonyl (C=O) groups is 2. The first-order chi connectivity index (χ1) is 32.0. The molecule has 0 aliphatic heterocycles. The molecule has 2 unspecified atom stereocenters. The molecule has 0 fully saturated rings. The number of aliphatic hydroxyl groups is 2. The summed E-state index contributed by atoms with van der Waals surface area (Å²) >= 11 is 0. The Bertz CT molecular complexity index is 970. The second-order valence-corrected chi connectivity index (χ2v) is 20.3. The van der Waals surface area contributed by atoms with Crippen LogP contribution in [0.15, 0.2) is 12.2 Å². The predicted molar refractivity (Wildman–Crippen MR) is 283 cm³/mol. The lowest BCUT2D eigenvalue weighted by atomic mass is 10.0. The number of carbonyl (C=O) groups excluding carboxylic acids is 2. The normalized spacial score (nSPS) is 12.6. The average Bonchev–Trinajstić information content (AvgIpc) is 3.31. The van der Waals surface area contributed by atoms with Gasteiger partial charge in [-0.1, -0.05) is 276 Å². The zero-order valence-corrected chi connectivity index (χ0v) is 44.0. The van der Waals surface area contributed by atoms with E-state index in [0.29, 0.717) is 25.9 Å².